The third-order valence-corrected chi connectivity index (χ3v) is 15.0. The quantitative estimate of drug-likeness (QED) is 0.0228. The minimum absolute atomic E-state index is 0.0659. The van der Waals surface area contributed by atoms with Crippen molar-refractivity contribution >= 4 is 23.9 Å². The average molecular weight is 1090 g/mol. The molecule has 1 aliphatic rings. The Hall–Kier alpha value is -2.80. The molecule has 1 fully saturated rings. The molecule has 6 atom stereocenters. The molecule has 450 valence electrons. The summed E-state index contributed by atoms with van der Waals surface area (Å²) in [5.74, 6) is -3.10. The molecule has 12 nitrogen and oxygen atoms in total. The van der Waals surface area contributed by atoms with Gasteiger partial charge in [0.05, 0.1) is 6.61 Å². The van der Waals surface area contributed by atoms with Crippen LogP contribution in [0.15, 0.2) is 24.3 Å². The van der Waals surface area contributed by atoms with E-state index < -0.39 is 67.3 Å². The van der Waals surface area contributed by atoms with E-state index in [4.69, 9.17) is 23.7 Å². The smallest absolute Gasteiger partial charge is 0.335 e. The molecule has 0 aromatic carbocycles. The molecule has 3 N–H and O–H groups in total. The van der Waals surface area contributed by atoms with Gasteiger partial charge in [0.15, 0.2) is 24.6 Å². The van der Waals surface area contributed by atoms with Gasteiger partial charge in [-0.2, -0.15) is 0 Å². The molecule has 0 aromatic rings. The molecule has 1 aliphatic heterocycles. The number of hydrogen-bond donors (Lipinski definition) is 3. The Bertz CT molecular complexity index is 1430. The third-order valence-electron chi connectivity index (χ3n) is 15.0. The average Bonchev–Trinajstić information content (AvgIpc) is 3.42. The summed E-state index contributed by atoms with van der Waals surface area (Å²) in [4.78, 5) is 51.2. The van der Waals surface area contributed by atoms with Crippen LogP contribution in [0.4, 0.5) is 0 Å². The highest BCUT2D eigenvalue weighted by Gasteiger charge is 2.50. The number of aliphatic carboxylic acids is 1. The highest BCUT2D eigenvalue weighted by atomic mass is 16.7. The van der Waals surface area contributed by atoms with E-state index in [-0.39, 0.29) is 25.9 Å². The topological polar surface area (TPSA) is 175 Å². The van der Waals surface area contributed by atoms with Crippen LogP contribution < -0.4 is 0 Å². The SMILES string of the molecule is CCC/C=C\C/C=C\CCCCCCCC(=O)OC(COC(=O)CCCCCCCCCCCCCCCCCCCCC)COC1OC(C(=O)O)C(O)C(O)C1OC(=O)CCCCCCCCCCCCCCCCC. The van der Waals surface area contributed by atoms with Gasteiger partial charge in [0.2, 0.25) is 0 Å². The Balaban J connectivity index is 2.62. The number of aliphatic hydroxyl groups is 2. The van der Waals surface area contributed by atoms with Gasteiger partial charge in [-0.25, -0.2) is 4.79 Å². The Labute approximate surface area is 470 Å². The van der Waals surface area contributed by atoms with Gasteiger partial charge < -0.3 is 39.0 Å². The van der Waals surface area contributed by atoms with E-state index >= 15 is 0 Å². The molecule has 77 heavy (non-hydrogen) atoms. The van der Waals surface area contributed by atoms with E-state index in [1.54, 1.807) is 0 Å². The summed E-state index contributed by atoms with van der Waals surface area (Å²) in [5, 5.41) is 31.5. The van der Waals surface area contributed by atoms with E-state index in [9.17, 15) is 34.5 Å². The maximum atomic E-state index is 13.2. The van der Waals surface area contributed by atoms with Crippen molar-refractivity contribution in [2.45, 2.75) is 353 Å². The number of carbonyl (C=O) groups is 4. The molecule has 0 saturated carbocycles. The maximum absolute atomic E-state index is 13.2. The number of allylic oxidation sites excluding steroid dienone is 4. The fraction of sp³-hybridized carbons (Fsp3) is 0.877. The van der Waals surface area contributed by atoms with Crippen LogP contribution in [-0.2, 0) is 42.9 Å². The normalized spacial score (nSPS) is 18.1. The predicted octanol–water partition coefficient (Wildman–Crippen LogP) is 17.0. The monoisotopic (exact) mass is 1090 g/mol. The van der Waals surface area contributed by atoms with Crippen molar-refractivity contribution in [1.82, 2.24) is 0 Å². The molecular formula is C65H118O12. The minimum Gasteiger partial charge on any atom is -0.479 e. The van der Waals surface area contributed by atoms with Crippen LogP contribution >= 0.6 is 0 Å². The summed E-state index contributed by atoms with van der Waals surface area (Å²) in [5.41, 5.74) is 0. The van der Waals surface area contributed by atoms with E-state index in [2.05, 4.69) is 45.1 Å². The molecule has 0 aromatic heterocycles. The fourth-order valence-electron chi connectivity index (χ4n) is 10.1. The van der Waals surface area contributed by atoms with Gasteiger partial charge in [-0.15, -0.1) is 0 Å². The lowest BCUT2D eigenvalue weighted by Crippen LogP contribution is -2.61. The first-order valence-corrected chi connectivity index (χ1v) is 32.3. The third kappa shape index (κ3) is 43.7. The second kappa shape index (κ2) is 53.8. The number of carboxylic acids is 1. The number of ether oxygens (including phenoxy) is 5. The number of hydrogen-bond acceptors (Lipinski definition) is 11. The van der Waals surface area contributed by atoms with E-state index in [0.29, 0.717) is 19.3 Å². The zero-order valence-electron chi connectivity index (χ0n) is 49.7. The van der Waals surface area contributed by atoms with E-state index in [1.165, 1.54) is 167 Å². The predicted molar refractivity (Wildman–Crippen MR) is 313 cm³/mol. The summed E-state index contributed by atoms with van der Waals surface area (Å²) in [6.07, 6.45) is 50.0. The van der Waals surface area contributed by atoms with Crippen molar-refractivity contribution < 1.29 is 58.2 Å². The summed E-state index contributed by atoms with van der Waals surface area (Å²) >= 11 is 0. The molecule has 0 radical (unpaired) electrons. The van der Waals surface area contributed by atoms with Crippen LogP contribution in [0.5, 0.6) is 0 Å². The highest BCUT2D eigenvalue weighted by molar-refractivity contribution is 5.74. The summed E-state index contributed by atoms with van der Waals surface area (Å²) in [6.45, 7) is 5.97. The first-order chi connectivity index (χ1) is 37.6. The van der Waals surface area contributed by atoms with Crippen LogP contribution in [-0.4, -0.2) is 89.2 Å². The molecule has 12 heteroatoms. The summed E-state index contributed by atoms with van der Waals surface area (Å²) < 4.78 is 28.5. The van der Waals surface area contributed by atoms with Gasteiger partial charge >= 0.3 is 23.9 Å². The van der Waals surface area contributed by atoms with Crippen LogP contribution in [0, 0.1) is 0 Å². The lowest BCUT2D eigenvalue weighted by atomic mass is 9.98. The molecule has 0 amide bonds. The first-order valence-electron chi connectivity index (χ1n) is 32.3. The van der Waals surface area contributed by atoms with Crippen molar-refractivity contribution in [3.63, 3.8) is 0 Å². The van der Waals surface area contributed by atoms with Crippen molar-refractivity contribution in [3.05, 3.63) is 24.3 Å². The Morgan fingerprint density at radius 2 is 0.805 bits per heavy atom. The van der Waals surface area contributed by atoms with Crippen LogP contribution in [0.25, 0.3) is 0 Å². The van der Waals surface area contributed by atoms with Crippen molar-refractivity contribution in [2.75, 3.05) is 13.2 Å². The van der Waals surface area contributed by atoms with Gasteiger partial charge in [-0.1, -0.05) is 276 Å². The van der Waals surface area contributed by atoms with Crippen molar-refractivity contribution in [3.8, 4) is 0 Å². The van der Waals surface area contributed by atoms with Gasteiger partial charge in [0, 0.05) is 19.3 Å². The maximum Gasteiger partial charge on any atom is 0.335 e. The second-order valence-corrected chi connectivity index (χ2v) is 22.4. The number of unbranched alkanes of at least 4 members (excludes halogenated alkanes) is 38. The molecule has 0 aliphatic carbocycles. The van der Waals surface area contributed by atoms with E-state index in [1.807, 2.05) is 0 Å². The molecule has 0 bridgehead atoms. The standard InChI is InChI=1S/C65H118O12/c1-4-7-10-13-16-19-22-25-27-28-29-30-32-34-36-39-42-45-48-51-57(66)73-54-56(75-58(67)52-49-46-43-40-37-33-24-21-18-15-12-9-6-3)55-74-65-63(61(70)60(69)62(77-65)64(71)72)76-59(68)53-50-47-44-41-38-35-31-26-23-20-17-14-11-8-5-2/h12,15,21,24,56,60-63,65,69-70H,4-11,13-14,16-20,22-23,25-55H2,1-3H3,(H,71,72)/b15-12-,24-21-. The largest absolute Gasteiger partial charge is 0.479 e. The molecular weight excluding hydrogens is 973 g/mol. The van der Waals surface area contributed by atoms with Crippen LogP contribution in [0.3, 0.4) is 0 Å². The molecule has 1 saturated heterocycles. The molecule has 1 rings (SSSR count). The zero-order chi connectivity index (χ0) is 56.1. The summed E-state index contributed by atoms with van der Waals surface area (Å²) in [7, 11) is 0. The molecule has 1 heterocycles. The summed E-state index contributed by atoms with van der Waals surface area (Å²) in [6, 6.07) is 0. The number of aliphatic hydroxyl groups excluding tert-OH is 2. The van der Waals surface area contributed by atoms with Crippen LogP contribution in [0.1, 0.15) is 316 Å². The lowest BCUT2D eigenvalue weighted by molar-refractivity contribution is -0.301. The molecule has 6 unspecified atom stereocenters. The van der Waals surface area contributed by atoms with Gasteiger partial charge in [-0.05, 0) is 44.9 Å². The van der Waals surface area contributed by atoms with Gasteiger partial charge in [-0.3, -0.25) is 14.4 Å². The zero-order valence-corrected chi connectivity index (χ0v) is 49.7. The first kappa shape index (κ1) is 72.2. The Kier molecular flexibility index (Phi) is 50.5. The van der Waals surface area contributed by atoms with Gasteiger partial charge in [0.25, 0.3) is 0 Å². The Morgan fingerprint density at radius 1 is 0.429 bits per heavy atom. The number of carboxylic acid groups (broad SMARTS) is 1. The highest BCUT2D eigenvalue weighted by Crippen LogP contribution is 2.27. The number of rotatable bonds is 56. The number of carbonyl (C=O) groups excluding carboxylic acids is 3. The number of esters is 3. The second-order valence-electron chi connectivity index (χ2n) is 22.4. The lowest BCUT2D eigenvalue weighted by Gasteiger charge is -2.40. The van der Waals surface area contributed by atoms with Crippen molar-refractivity contribution in [2.24, 2.45) is 0 Å². The minimum atomic E-state index is -1.90. The van der Waals surface area contributed by atoms with E-state index in [0.717, 1.165) is 89.9 Å². The fourth-order valence-corrected chi connectivity index (χ4v) is 10.1. The molecule has 0 spiro atoms. The van der Waals surface area contributed by atoms with Crippen LogP contribution in [0.2, 0.25) is 0 Å². The Morgan fingerprint density at radius 3 is 1.22 bits per heavy atom. The van der Waals surface area contributed by atoms with Crippen molar-refractivity contribution in [1.29, 1.82) is 0 Å². The van der Waals surface area contributed by atoms with Gasteiger partial charge in [0.1, 0.15) is 18.8 Å².